The van der Waals surface area contributed by atoms with E-state index in [2.05, 4.69) is 24.5 Å². The Morgan fingerprint density at radius 1 is 1.11 bits per heavy atom. The van der Waals surface area contributed by atoms with Crippen LogP contribution in [0.2, 0.25) is 0 Å². The zero-order chi connectivity index (χ0) is 6.43. The van der Waals surface area contributed by atoms with Crippen molar-refractivity contribution in [3.63, 3.8) is 0 Å². The monoisotopic (exact) mass is 124 g/mol. The van der Waals surface area contributed by atoms with Gasteiger partial charge in [-0.2, -0.15) is 0 Å². The molecule has 1 aliphatic carbocycles. The summed E-state index contributed by atoms with van der Waals surface area (Å²) < 4.78 is 0. The molecule has 0 aromatic carbocycles. The molecule has 2 nitrogen and oxygen atoms in total. The van der Waals surface area contributed by atoms with Crippen molar-refractivity contribution < 1.29 is 0 Å². The first-order valence-corrected chi connectivity index (χ1v) is 3.52. The molecule has 0 aromatic heterocycles. The van der Waals surface area contributed by atoms with Gasteiger partial charge in [-0.25, -0.2) is 0 Å². The fraction of sp³-hybridized carbons (Fsp3) is 0.714. The molecule has 0 saturated carbocycles. The molecule has 2 heteroatoms. The molecular weight excluding hydrogens is 112 g/mol. The van der Waals surface area contributed by atoms with Crippen LogP contribution in [0.5, 0.6) is 0 Å². The maximum Gasteiger partial charge on any atom is 0.0845 e. The molecule has 0 fully saturated rings. The normalized spacial score (nSPS) is 38.9. The molecule has 2 atom stereocenters. The molecule has 1 aliphatic heterocycles. The Morgan fingerprint density at radius 3 is 2.00 bits per heavy atom. The Bertz CT molecular complexity index is 154. The van der Waals surface area contributed by atoms with Gasteiger partial charge in [-0.15, -0.1) is 0 Å². The number of hydrogen-bond donors (Lipinski definition) is 2. The molecule has 0 aromatic rings. The third kappa shape index (κ3) is 0.460. The Morgan fingerprint density at radius 2 is 1.56 bits per heavy atom. The average Bonchev–Trinajstić information content (AvgIpc) is 2.30. The van der Waals surface area contributed by atoms with E-state index in [4.69, 9.17) is 0 Å². The second-order valence-corrected chi connectivity index (χ2v) is 2.94. The van der Waals surface area contributed by atoms with E-state index in [0.717, 1.165) is 18.5 Å². The van der Waals surface area contributed by atoms with Crippen LogP contribution < -0.4 is 10.6 Å². The zero-order valence-corrected chi connectivity index (χ0v) is 5.86. The summed E-state index contributed by atoms with van der Waals surface area (Å²) >= 11 is 0. The first-order valence-electron chi connectivity index (χ1n) is 3.52. The first kappa shape index (κ1) is 5.15. The third-order valence-electron chi connectivity index (χ3n) is 2.51. The highest BCUT2D eigenvalue weighted by atomic mass is 15.2. The lowest BCUT2D eigenvalue weighted by Crippen LogP contribution is -2.30. The van der Waals surface area contributed by atoms with Crippen molar-refractivity contribution in [3.05, 3.63) is 11.4 Å². The second-order valence-electron chi connectivity index (χ2n) is 2.94. The van der Waals surface area contributed by atoms with Crippen molar-refractivity contribution in [1.82, 2.24) is 10.6 Å². The van der Waals surface area contributed by atoms with E-state index >= 15 is 0 Å². The van der Waals surface area contributed by atoms with E-state index in [0.29, 0.717) is 0 Å². The van der Waals surface area contributed by atoms with Crippen LogP contribution in [0.1, 0.15) is 13.8 Å². The van der Waals surface area contributed by atoms with E-state index in [1.165, 1.54) is 11.4 Å². The van der Waals surface area contributed by atoms with Crippen molar-refractivity contribution in [1.29, 1.82) is 0 Å². The minimum Gasteiger partial charge on any atom is -0.370 e. The van der Waals surface area contributed by atoms with E-state index in [1.54, 1.807) is 0 Å². The van der Waals surface area contributed by atoms with Crippen LogP contribution in [-0.4, -0.2) is 6.67 Å². The van der Waals surface area contributed by atoms with Crippen molar-refractivity contribution in [3.8, 4) is 0 Å². The smallest absolute Gasteiger partial charge is 0.0845 e. The van der Waals surface area contributed by atoms with Gasteiger partial charge in [0.15, 0.2) is 0 Å². The summed E-state index contributed by atoms with van der Waals surface area (Å²) in [5.41, 5.74) is 2.89. The molecule has 0 saturated heterocycles. The number of rotatable bonds is 0. The van der Waals surface area contributed by atoms with E-state index in [9.17, 15) is 0 Å². The quantitative estimate of drug-likeness (QED) is 0.495. The van der Waals surface area contributed by atoms with Crippen LogP contribution in [0, 0.1) is 11.8 Å². The van der Waals surface area contributed by atoms with Crippen LogP contribution in [0.15, 0.2) is 11.4 Å². The predicted octanol–water partition coefficient (Wildman–Crippen LogP) is 0.634. The fourth-order valence-corrected chi connectivity index (χ4v) is 1.64. The largest absolute Gasteiger partial charge is 0.370 e. The summed E-state index contributed by atoms with van der Waals surface area (Å²) in [5, 5.41) is 6.61. The topological polar surface area (TPSA) is 24.1 Å². The molecule has 0 amide bonds. The average molecular weight is 124 g/mol. The lowest BCUT2D eigenvalue weighted by Gasteiger charge is -2.32. The molecule has 9 heavy (non-hydrogen) atoms. The standard InChI is InChI=1S/C7H12N2/c1-4-5(2)7-6(4)8-3-9-7/h4-5,8-9H,3H2,1-2H3/t4-,5?/m1/s1. The van der Waals surface area contributed by atoms with Gasteiger partial charge in [0.2, 0.25) is 0 Å². The van der Waals surface area contributed by atoms with Gasteiger partial charge in [0.05, 0.1) is 6.67 Å². The first-order chi connectivity index (χ1) is 4.30. The van der Waals surface area contributed by atoms with Crippen LogP contribution in [0.4, 0.5) is 0 Å². The predicted molar refractivity (Wildman–Crippen MR) is 36.5 cm³/mol. The molecule has 0 bridgehead atoms. The molecule has 50 valence electrons. The highest BCUT2D eigenvalue weighted by Crippen LogP contribution is 2.38. The maximum absolute atomic E-state index is 3.30. The maximum atomic E-state index is 3.30. The molecular formula is C7H12N2. The number of allylic oxidation sites excluding steroid dienone is 2. The summed E-state index contributed by atoms with van der Waals surface area (Å²) in [6, 6.07) is 0. The highest BCUT2D eigenvalue weighted by molar-refractivity contribution is 5.31. The summed E-state index contributed by atoms with van der Waals surface area (Å²) in [4.78, 5) is 0. The van der Waals surface area contributed by atoms with Gasteiger partial charge < -0.3 is 10.6 Å². The van der Waals surface area contributed by atoms with E-state index in [1.807, 2.05) is 0 Å². The minimum atomic E-state index is 0.759. The van der Waals surface area contributed by atoms with Crippen LogP contribution >= 0.6 is 0 Å². The molecule has 1 unspecified atom stereocenters. The Kier molecular flexibility index (Phi) is 0.821. The fourth-order valence-electron chi connectivity index (χ4n) is 1.64. The van der Waals surface area contributed by atoms with Gasteiger partial charge in [-0.05, 0) is 0 Å². The zero-order valence-electron chi connectivity index (χ0n) is 5.86. The Labute approximate surface area is 55.3 Å². The molecule has 0 radical (unpaired) electrons. The molecule has 0 spiro atoms. The molecule has 1 heterocycles. The van der Waals surface area contributed by atoms with Gasteiger partial charge in [0.25, 0.3) is 0 Å². The lowest BCUT2D eigenvalue weighted by molar-refractivity contribution is 0.410. The van der Waals surface area contributed by atoms with E-state index < -0.39 is 0 Å². The van der Waals surface area contributed by atoms with Crippen LogP contribution in [-0.2, 0) is 0 Å². The summed E-state index contributed by atoms with van der Waals surface area (Å²) in [7, 11) is 0. The van der Waals surface area contributed by atoms with Crippen molar-refractivity contribution in [2.75, 3.05) is 6.67 Å². The van der Waals surface area contributed by atoms with Gasteiger partial charge in [-0.1, -0.05) is 13.8 Å². The van der Waals surface area contributed by atoms with Gasteiger partial charge in [-0.3, -0.25) is 0 Å². The summed E-state index contributed by atoms with van der Waals surface area (Å²) in [5.74, 6) is 1.52. The SMILES string of the molecule is CC1C2=C(NCN2)[C@@H]1C. The molecule has 2 rings (SSSR count). The van der Waals surface area contributed by atoms with Crippen molar-refractivity contribution in [2.45, 2.75) is 13.8 Å². The molecule has 2 N–H and O–H groups in total. The van der Waals surface area contributed by atoms with Gasteiger partial charge in [0, 0.05) is 23.2 Å². The van der Waals surface area contributed by atoms with Gasteiger partial charge >= 0.3 is 0 Å². The highest BCUT2D eigenvalue weighted by Gasteiger charge is 2.36. The van der Waals surface area contributed by atoms with Crippen molar-refractivity contribution >= 4 is 0 Å². The summed E-state index contributed by atoms with van der Waals surface area (Å²) in [6.07, 6.45) is 0. The second kappa shape index (κ2) is 1.43. The van der Waals surface area contributed by atoms with Crippen molar-refractivity contribution in [2.24, 2.45) is 11.8 Å². The number of hydrogen-bond acceptors (Lipinski definition) is 2. The van der Waals surface area contributed by atoms with Crippen LogP contribution in [0.25, 0.3) is 0 Å². The third-order valence-corrected chi connectivity index (χ3v) is 2.51. The van der Waals surface area contributed by atoms with Crippen LogP contribution in [0.3, 0.4) is 0 Å². The van der Waals surface area contributed by atoms with Gasteiger partial charge in [0.1, 0.15) is 0 Å². The lowest BCUT2D eigenvalue weighted by atomic mass is 9.78. The minimum absolute atomic E-state index is 0.759. The van der Waals surface area contributed by atoms with E-state index in [-0.39, 0.29) is 0 Å². The molecule has 2 aliphatic rings. The number of nitrogens with one attached hydrogen (secondary N) is 2. The Hall–Kier alpha value is -0.660. The Balaban J connectivity index is 2.26. The summed E-state index contributed by atoms with van der Waals surface area (Å²) in [6.45, 7) is 5.48.